The van der Waals surface area contributed by atoms with E-state index in [0.717, 1.165) is 23.4 Å². The Labute approximate surface area is 121 Å². The van der Waals surface area contributed by atoms with Gasteiger partial charge in [0.05, 0.1) is 25.6 Å². The lowest BCUT2D eigenvalue weighted by Gasteiger charge is -2.19. The molecule has 1 aromatic carbocycles. The molecule has 20 heavy (non-hydrogen) atoms. The summed E-state index contributed by atoms with van der Waals surface area (Å²) < 4.78 is 5.37. The molecule has 106 valence electrons. The van der Waals surface area contributed by atoms with E-state index in [-0.39, 0.29) is 5.92 Å². The Balaban J connectivity index is 2.88. The van der Waals surface area contributed by atoms with E-state index < -0.39 is 0 Å². The van der Waals surface area contributed by atoms with Crippen LogP contribution >= 0.6 is 0 Å². The van der Waals surface area contributed by atoms with Crippen LogP contribution in [-0.4, -0.2) is 32.1 Å². The van der Waals surface area contributed by atoms with E-state index in [2.05, 4.69) is 22.8 Å². The zero-order chi connectivity index (χ0) is 15.0. The average Bonchev–Trinajstić information content (AvgIpc) is 2.45. The highest BCUT2D eigenvalue weighted by Crippen LogP contribution is 2.21. The summed E-state index contributed by atoms with van der Waals surface area (Å²) in [6.07, 6.45) is 0. The minimum atomic E-state index is 0.00575. The molecule has 0 aliphatic rings. The zero-order valence-corrected chi connectivity index (χ0v) is 12.3. The summed E-state index contributed by atoms with van der Waals surface area (Å²) in [6, 6.07) is 8.08. The van der Waals surface area contributed by atoms with Gasteiger partial charge in [0, 0.05) is 24.2 Å². The van der Waals surface area contributed by atoms with Gasteiger partial charge in [0.2, 0.25) is 0 Å². The Morgan fingerprint density at radius 1 is 1.45 bits per heavy atom. The van der Waals surface area contributed by atoms with Crippen molar-refractivity contribution in [3.63, 3.8) is 0 Å². The summed E-state index contributed by atoms with van der Waals surface area (Å²) in [5, 5.41) is 8.86. The molecule has 0 spiro atoms. The molecule has 2 N–H and O–H groups in total. The number of benzene rings is 1. The molecule has 0 fully saturated rings. The normalized spacial score (nSPS) is 11.4. The van der Waals surface area contributed by atoms with Gasteiger partial charge in [-0.05, 0) is 32.2 Å². The van der Waals surface area contributed by atoms with E-state index in [4.69, 9.17) is 15.7 Å². The molecule has 0 aliphatic carbocycles. The lowest BCUT2D eigenvalue weighted by Crippen LogP contribution is -2.23. The first-order valence-electron chi connectivity index (χ1n) is 6.54. The number of rotatable bonds is 5. The van der Waals surface area contributed by atoms with Crippen molar-refractivity contribution in [1.82, 2.24) is 4.90 Å². The van der Waals surface area contributed by atoms with Crippen molar-refractivity contribution in [2.24, 2.45) is 11.7 Å². The predicted octanol–water partition coefficient (Wildman–Crippen LogP) is 1.60. The summed E-state index contributed by atoms with van der Waals surface area (Å²) in [7, 11) is 3.65. The summed E-state index contributed by atoms with van der Waals surface area (Å²) in [6.45, 7) is 3.70. The first-order valence-corrected chi connectivity index (χ1v) is 6.54. The van der Waals surface area contributed by atoms with Crippen LogP contribution in [-0.2, 0) is 6.54 Å². The average molecular weight is 271 g/mol. The molecule has 0 bridgehead atoms. The van der Waals surface area contributed by atoms with Crippen LogP contribution in [0, 0.1) is 29.1 Å². The standard InChI is InChI=1S/C16H21N3O/c1-13(10-18)11-19(2)12-15-9-14(5-4-8-17)6-7-16(15)20-3/h6-7,9,13H,8,11-12,17H2,1-3H3. The molecule has 4 nitrogen and oxygen atoms in total. The number of ether oxygens (including phenoxy) is 1. The van der Waals surface area contributed by atoms with Crippen molar-refractivity contribution in [3.05, 3.63) is 29.3 Å². The van der Waals surface area contributed by atoms with Gasteiger partial charge >= 0.3 is 0 Å². The molecule has 4 heteroatoms. The monoisotopic (exact) mass is 271 g/mol. The molecule has 1 aromatic rings. The van der Waals surface area contributed by atoms with Crippen molar-refractivity contribution in [2.75, 3.05) is 27.2 Å². The highest BCUT2D eigenvalue weighted by atomic mass is 16.5. The van der Waals surface area contributed by atoms with Crippen molar-refractivity contribution in [1.29, 1.82) is 5.26 Å². The molecule has 0 radical (unpaired) electrons. The number of nitriles is 1. The minimum absolute atomic E-state index is 0.00575. The second-order valence-corrected chi connectivity index (χ2v) is 4.76. The highest BCUT2D eigenvalue weighted by molar-refractivity contribution is 5.44. The van der Waals surface area contributed by atoms with Gasteiger partial charge in [-0.2, -0.15) is 5.26 Å². The zero-order valence-electron chi connectivity index (χ0n) is 12.3. The fourth-order valence-corrected chi connectivity index (χ4v) is 2.00. The molecular weight excluding hydrogens is 250 g/mol. The molecule has 1 unspecified atom stereocenters. The van der Waals surface area contributed by atoms with Gasteiger partial charge < -0.3 is 15.4 Å². The van der Waals surface area contributed by atoms with E-state index in [1.54, 1.807) is 7.11 Å². The predicted molar refractivity (Wildman–Crippen MR) is 80.0 cm³/mol. The number of nitrogens with zero attached hydrogens (tertiary/aromatic N) is 2. The second-order valence-electron chi connectivity index (χ2n) is 4.76. The van der Waals surface area contributed by atoms with E-state index in [1.165, 1.54) is 0 Å². The molecule has 0 heterocycles. The minimum Gasteiger partial charge on any atom is -0.496 e. The summed E-state index contributed by atoms with van der Waals surface area (Å²) in [5.41, 5.74) is 7.37. The fraction of sp³-hybridized carbons (Fsp3) is 0.438. The molecule has 0 aliphatic heterocycles. The third-order valence-corrected chi connectivity index (χ3v) is 2.86. The number of hydrogen-bond acceptors (Lipinski definition) is 4. The lowest BCUT2D eigenvalue weighted by atomic mass is 10.1. The lowest BCUT2D eigenvalue weighted by molar-refractivity contribution is 0.296. The molecular formula is C16H21N3O. The Morgan fingerprint density at radius 2 is 2.20 bits per heavy atom. The van der Waals surface area contributed by atoms with Crippen LogP contribution in [0.15, 0.2) is 18.2 Å². The van der Waals surface area contributed by atoms with Crippen molar-refractivity contribution < 1.29 is 4.74 Å². The van der Waals surface area contributed by atoms with Crippen molar-refractivity contribution in [2.45, 2.75) is 13.5 Å². The van der Waals surface area contributed by atoms with Crippen molar-refractivity contribution in [3.8, 4) is 23.7 Å². The number of nitrogens with two attached hydrogens (primary N) is 1. The first-order chi connectivity index (χ1) is 9.60. The second kappa shape index (κ2) is 8.22. The van der Waals surface area contributed by atoms with Crippen molar-refractivity contribution >= 4 is 0 Å². The van der Waals surface area contributed by atoms with Crippen LogP contribution in [0.3, 0.4) is 0 Å². The summed E-state index contributed by atoms with van der Waals surface area (Å²) in [5.74, 6) is 6.70. The van der Waals surface area contributed by atoms with E-state index in [9.17, 15) is 0 Å². The van der Waals surface area contributed by atoms with Gasteiger partial charge in [0.1, 0.15) is 5.75 Å². The Bertz CT molecular complexity index is 537. The van der Waals surface area contributed by atoms with Gasteiger partial charge in [-0.1, -0.05) is 11.8 Å². The maximum atomic E-state index is 8.86. The molecule has 1 rings (SSSR count). The largest absolute Gasteiger partial charge is 0.496 e. The third-order valence-electron chi connectivity index (χ3n) is 2.86. The van der Waals surface area contributed by atoms with E-state index >= 15 is 0 Å². The Morgan fingerprint density at radius 3 is 2.80 bits per heavy atom. The fourth-order valence-electron chi connectivity index (χ4n) is 2.00. The maximum Gasteiger partial charge on any atom is 0.123 e. The quantitative estimate of drug-likeness (QED) is 0.826. The van der Waals surface area contributed by atoms with Crippen LogP contribution in [0.5, 0.6) is 5.75 Å². The number of methoxy groups -OCH3 is 1. The third kappa shape index (κ3) is 4.93. The van der Waals surface area contributed by atoms with Gasteiger partial charge in [0.25, 0.3) is 0 Å². The van der Waals surface area contributed by atoms with Crippen LogP contribution in [0.2, 0.25) is 0 Å². The van der Waals surface area contributed by atoms with Gasteiger partial charge in [-0.3, -0.25) is 0 Å². The van der Waals surface area contributed by atoms with Crippen LogP contribution in [0.4, 0.5) is 0 Å². The van der Waals surface area contributed by atoms with Gasteiger partial charge in [-0.15, -0.1) is 0 Å². The SMILES string of the molecule is COc1ccc(C#CCN)cc1CN(C)CC(C)C#N. The topological polar surface area (TPSA) is 62.3 Å². The molecule has 0 saturated heterocycles. The Hall–Kier alpha value is -2.01. The Kier molecular flexibility index (Phi) is 6.59. The molecule has 0 aromatic heterocycles. The van der Waals surface area contributed by atoms with E-state index in [1.807, 2.05) is 32.2 Å². The first kappa shape index (κ1) is 16.0. The summed E-state index contributed by atoms with van der Waals surface area (Å²) >= 11 is 0. The van der Waals surface area contributed by atoms with Crippen LogP contribution < -0.4 is 10.5 Å². The van der Waals surface area contributed by atoms with E-state index in [0.29, 0.717) is 13.1 Å². The summed E-state index contributed by atoms with van der Waals surface area (Å²) in [4.78, 5) is 2.10. The molecule has 1 atom stereocenters. The van der Waals surface area contributed by atoms with Crippen LogP contribution in [0.25, 0.3) is 0 Å². The molecule has 0 amide bonds. The van der Waals surface area contributed by atoms with Gasteiger partial charge in [0.15, 0.2) is 0 Å². The highest BCUT2D eigenvalue weighted by Gasteiger charge is 2.10. The molecule has 0 saturated carbocycles. The maximum absolute atomic E-state index is 8.86. The van der Waals surface area contributed by atoms with Gasteiger partial charge in [-0.25, -0.2) is 0 Å². The van der Waals surface area contributed by atoms with Crippen LogP contribution in [0.1, 0.15) is 18.1 Å². The number of hydrogen-bond donors (Lipinski definition) is 1. The smallest absolute Gasteiger partial charge is 0.123 e.